The fraction of sp³-hybridized carbons (Fsp3) is 0.733. The van der Waals surface area contributed by atoms with Crippen LogP contribution in [0.15, 0.2) is 17.5 Å². The van der Waals surface area contributed by atoms with Crippen molar-refractivity contribution in [1.29, 1.82) is 0 Å². The van der Waals surface area contributed by atoms with Crippen LogP contribution in [0, 0.1) is 11.8 Å². The number of carbonyl (C=O) groups excluding carboxylic acids is 1. The molecule has 0 saturated heterocycles. The molecule has 0 aromatic heterocycles. The van der Waals surface area contributed by atoms with E-state index in [2.05, 4.69) is 32.0 Å². The predicted octanol–water partition coefficient (Wildman–Crippen LogP) is 2.92. The molecule has 1 N–H and O–H groups in total. The van der Waals surface area contributed by atoms with Crippen molar-refractivity contribution in [3.8, 4) is 0 Å². The molecule has 0 aromatic rings. The highest BCUT2D eigenvalue weighted by Crippen LogP contribution is 2.35. The van der Waals surface area contributed by atoms with Crippen molar-refractivity contribution < 1.29 is 14.6 Å². The largest absolute Gasteiger partial charge is 0.469 e. The van der Waals surface area contributed by atoms with Crippen molar-refractivity contribution in [1.82, 2.24) is 0 Å². The topological polar surface area (TPSA) is 46.5 Å². The average Bonchev–Trinajstić information content (AvgIpc) is 2.37. The van der Waals surface area contributed by atoms with E-state index in [9.17, 15) is 9.90 Å². The predicted molar refractivity (Wildman–Crippen MR) is 79.5 cm³/mol. The van der Waals surface area contributed by atoms with Crippen LogP contribution in [0.3, 0.4) is 0 Å². The molecule has 3 nitrogen and oxygen atoms in total. The Morgan fingerprint density at radius 1 is 1.32 bits per heavy atom. The Balaban J connectivity index is 2.65. The molecule has 19 heavy (non-hydrogen) atoms. The first-order chi connectivity index (χ1) is 8.81. The summed E-state index contributed by atoms with van der Waals surface area (Å²) in [5, 5.41) is 11.5. The van der Waals surface area contributed by atoms with Gasteiger partial charge in [-0.25, -0.2) is 0 Å². The fourth-order valence-corrected chi connectivity index (χ4v) is 4.54. The van der Waals surface area contributed by atoms with Crippen molar-refractivity contribution in [2.75, 3.05) is 7.11 Å². The van der Waals surface area contributed by atoms with Gasteiger partial charge in [-0.1, -0.05) is 26.2 Å². The molecule has 1 saturated carbocycles. The number of rotatable bonds is 4. The Morgan fingerprint density at radius 2 is 1.84 bits per heavy atom. The maximum Gasteiger partial charge on any atom is 0.308 e. The standard InChI is InChI=1S/C15H26O3Si/c1-6-13(19(3,4)5)14(16)11-7-9-12(10-8-11)15(17)18-2/h11-12,14,16H,1,7-10H2,2-5H3. The third kappa shape index (κ3) is 4.07. The Bertz CT molecular complexity index is 369. The van der Waals surface area contributed by atoms with E-state index in [-0.39, 0.29) is 17.8 Å². The van der Waals surface area contributed by atoms with Gasteiger partial charge in [-0.3, -0.25) is 4.79 Å². The van der Waals surface area contributed by atoms with Gasteiger partial charge in [0.1, 0.15) is 0 Å². The van der Waals surface area contributed by atoms with Crippen LogP contribution in [0.2, 0.25) is 19.6 Å². The van der Waals surface area contributed by atoms with Gasteiger partial charge in [-0.05, 0) is 36.8 Å². The van der Waals surface area contributed by atoms with Crippen LogP contribution in [0.4, 0.5) is 0 Å². The molecule has 0 bridgehead atoms. The van der Waals surface area contributed by atoms with Gasteiger partial charge in [-0.2, -0.15) is 0 Å². The second kappa shape index (κ2) is 6.55. The molecule has 0 amide bonds. The van der Waals surface area contributed by atoms with Gasteiger partial charge in [0.2, 0.25) is 0 Å². The summed E-state index contributed by atoms with van der Waals surface area (Å²) < 4.78 is 4.79. The molecule has 1 aliphatic carbocycles. The van der Waals surface area contributed by atoms with Gasteiger partial charge in [0, 0.05) is 0 Å². The van der Waals surface area contributed by atoms with Crippen LogP contribution in [0.1, 0.15) is 25.7 Å². The second-order valence-corrected chi connectivity index (χ2v) is 11.5. The molecule has 0 aliphatic heterocycles. The monoisotopic (exact) mass is 282 g/mol. The third-order valence-corrected chi connectivity index (χ3v) is 6.14. The molecule has 108 valence electrons. The van der Waals surface area contributed by atoms with Gasteiger partial charge in [0.15, 0.2) is 0 Å². The van der Waals surface area contributed by atoms with Crippen molar-refractivity contribution >= 4 is 14.0 Å². The molecule has 0 aromatic carbocycles. The quantitative estimate of drug-likeness (QED) is 0.490. The molecule has 0 radical (unpaired) electrons. The number of hydrogen-bond donors (Lipinski definition) is 1. The first kappa shape index (κ1) is 16.2. The summed E-state index contributed by atoms with van der Waals surface area (Å²) in [4.78, 5) is 11.5. The summed E-state index contributed by atoms with van der Waals surface area (Å²) in [6.07, 6.45) is 2.92. The van der Waals surface area contributed by atoms with E-state index in [0.29, 0.717) is 0 Å². The van der Waals surface area contributed by atoms with E-state index >= 15 is 0 Å². The van der Waals surface area contributed by atoms with E-state index < -0.39 is 14.2 Å². The number of carbonyl (C=O) groups is 1. The molecule has 1 fully saturated rings. The third-order valence-electron chi connectivity index (χ3n) is 4.05. The van der Waals surface area contributed by atoms with Crippen LogP contribution < -0.4 is 0 Å². The molecule has 0 heterocycles. The minimum Gasteiger partial charge on any atom is -0.469 e. The van der Waals surface area contributed by atoms with E-state index in [0.717, 1.165) is 30.9 Å². The maximum atomic E-state index is 11.5. The molecular weight excluding hydrogens is 256 g/mol. The van der Waals surface area contributed by atoms with Gasteiger partial charge in [0.25, 0.3) is 0 Å². The summed E-state index contributed by atoms with van der Waals surface area (Å²) in [6, 6.07) is 0. The number of aliphatic hydroxyl groups is 1. The lowest BCUT2D eigenvalue weighted by Gasteiger charge is -2.34. The highest BCUT2D eigenvalue weighted by atomic mass is 28.3. The Kier molecular flexibility index (Phi) is 5.59. The normalized spacial score (nSPS) is 25.3. The summed E-state index contributed by atoms with van der Waals surface area (Å²) in [6.45, 7) is 10.3. The van der Waals surface area contributed by atoms with Gasteiger partial charge >= 0.3 is 5.97 Å². The fourth-order valence-electron chi connectivity index (χ4n) is 2.89. The number of methoxy groups -OCH3 is 1. The number of hydrogen-bond acceptors (Lipinski definition) is 3. The minimum atomic E-state index is -1.58. The van der Waals surface area contributed by atoms with Crippen molar-refractivity contribution in [3.05, 3.63) is 17.5 Å². The summed E-state index contributed by atoms with van der Waals surface area (Å²) in [7, 11) is -0.140. The van der Waals surface area contributed by atoms with Gasteiger partial charge in [0.05, 0.1) is 27.2 Å². The first-order valence-electron chi connectivity index (χ1n) is 6.97. The lowest BCUT2D eigenvalue weighted by molar-refractivity contribution is -0.147. The second-order valence-electron chi connectivity index (χ2n) is 6.42. The zero-order valence-corrected chi connectivity index (χ0v) is 13.5. The molecule has 1 aliphatic rings. The van der Waals surface area contributed by atoms with Gasteiger partial charge in [-0.15, -0.1) is 5.73 Å². The zero-order valence-electron chi connectivity index (χ0n) is 12.5. The Labute approximate surface area is 117 Å². The lowest BCUT2D eigenvalue weighted by atomic mass is 9.79. The van der Waals surface area contributed by atoms with E-state index in [1.165, 1.54) is 7.11 Å². The lowest BCUT2D eigenvalue weighted by Crippen LogP contribution is -2.38. The Morgan fingerprint density at radius 3 is 2.21 bits per heavy atom. The smallest absolute Gasteiger partial charge is 0.308 e. The van der Waals surface area contributed by atoms with E-state index in [4.69, 9.17) is 4.74 Å². The Hall–Kier alpha value is -0.833. The van der Waals surface area contributed by atoms with Gasteiger partial charge < -0.3 is 9.84 Å². The van der Waals surface area contributed by atoms with Crippen LogP contribution >= 0.6 is 0 Å². The van der Waals surface area contributed by atoms with Crippen LogP contribution in [-0.4, -0.2) is 32.4 Å². The molecule has 1 unspecified atom stereocenters. The summed E-state index contributed by atoms with van der Waals surface area (Å²) in [5.74, 6) is 0.131. The van der Waals surface area contributed by atoms with Crippen molar-refractivity contribution in [2.45, 2.75) is 51.4 Å². The van der Waals surface area contributed by atoms with Crippen LogP contribution in [0.5, 0.6) is 0 Å². The number of esters is 1. The van der Waals surface area contributed by atoms with E-state index in [1.54, 1.807) is 0 Å². The van der Waals surface area contributed by atoms with Crippen molar-refractivity contribution in [2.24, 2.45) is 11.8 Å². The highest BCUT2D eigenvalue weighted by Gasteiger charge is 2.35. The molecule has 1 rings (SSSR count). The van der Waals surface area contributed by atoms with Crippen molar-refractivity contribution in [3.63, 3.8) is 0 Å². The summed E-state index contributed by atoms with van der Waals surface area (Å²) >= 11 is 0. The maximum absolute atomic E-state index is 11.5. The molecule has 4 heteroatoms. The minimum absolute atomic E-state index is 0.0106. The van der Waals surface area contributed by atoms with Crippen LogP contribution in [-0.2, 0) is 9.53 Å². The number of aliphatic hydroxyl groups excluding tert-OH is 1. The number of ether oxygens (including phenoxy) is 1. The molecule has 0 spiro atoms. The summed E-state index contributed by atoms with van der Waals surface area (Å²) in [5.41, 5.74) is 2.97. The molecular formula is C15H26O3Si. The average molecular weight is 282 g/mol. The first-order valence-corrected chi connectivity index (χ1v) is 10.5. The molecule has 1 atom stereocenters. The SMILES string of the molecule is C=C=C(C(O)C1CCC(C(=O)OC)CC1)[Si](C)(C)C. The van der Waals surface area contributed by atoms with E-state index in [1.807, 2.05) is 0 Å². The highest BCUT2D eigenvalue weighted by molar-refractivity contribution is 6.83. The zero-order chi connectivity index (χ0) is 14.6. The van der Waals surface area contributed by atoms with Crippen LogP contribution in [0.25, 0.3) is 0 Å².